The minimum Gasteiger partial charge on any atom is -0.436 e. The van der Waals surface area contributed by atoms with Crippen molar-refractivity contribution in [3.63, 3.8) is 0 Å². The molecule has 9 heteroatoms. The van der Waals surface area contributed by atoms with Crippen molar-refractivity contribution in [3.05, 3.63) is 94.6 Å². The molecular formula is C26H17F6NO2. The summed E-state index contributed by atoms with van der Waals surface area (Å²) >= 11 is 0. The van der Waals surface area contributed by atoms with Crippen LogP contribution in [0.5, 0.6) is 0 Å². The summed E-state index contributed by atoms with van der Waals surface area (Å²) in [4.78, 5) is 13.3. The van der Waals surface area contributed by atoms with Crippen LogP contribution in [0.25, 0.3) is 22.4 Å². The maximum absolute atomic E-state index is 13.3. The number of hydrogen-bond donors (Lipinski definition) is 1. The van der Waals surface area contributed by atoms with Gasteiger partial charge in [0.1, 0.15) is 0 Å². The highest BCUT2D eigenvalue weighted by Gasteiger charge is 2.37. The van der Waals surface area contributed by atoms with E-state index in [1.807, 2.05) is 0 Å². The summed E-state index contributed by atoms with van der Waals surface area (Å²) < 4.78 is 85.3. The second-order valence-corrected chi connectivity index (χ2v) is 8.42. The van der Waals surface area contributed by atoms with Gasteiger partial charge in [-0.3, -0.25) is 4.79 Å². The summed E-state index contributed by atoms with van der Waals surface area (Å²) in [5.74, 6) is -0.804. The van der Waals surface area contributed by atoms with Crippen LogP contribution in [0.15, 0.2) is 72.3 Å². The number of allylic oxidation sites excluding steroid dienone is 1. The van der Waals surface area contributed by atoms with Crippen molar-refractivity contribution in [1.82, 2.24) is 5.32 Å². The number of alkyl halides is 6. The van der Waals surface area contributed by atoms with E-state index in [1.165, 1.54) is 24.3 Å². The lowest BCUT2D eigenvalue weighted by molar-refractivity contribution is -0.138. The Morgan fingerprint density at radius 1 is 0.857 bits per heavy atom. The summed E-state index contributed by atoms with van der Waals surface area (Å²) in [6, 6.07) is 12.5. The molecule has 1 fully saturated rings. The number of Topliss-reactive ketones (excluding diaryl/α,β-unsaturated/α-hetero) is 1. The van der Waals surface area contributed by atoms with Gasteiger partial charge in [-0.2, -0.15) is 26.3 Å². The van der Waals surface area contributed by atoms with Gasteiger partial charge >= 0.3 is 12.4 Å². The van der Waals surface area contributed by atoms with Crippen molar-refractivity contribution in [3.8, 4) is 0 Å². The zero-order valence-electron chi connectivity index (χ0n) is 17.9. The van der Waals surface area contributed by atoms with Crippen LogP contribution in [0.2, 0.25) is 0 Å². The number of ketones is 1. The second-order valence-electron chi connectivity index (χ2n) is 8.42. The molecule has 0 bridgehead atoms. The van der Waals surface area contributed by atoms with Gasteiger partial charge in [-0.25, -0.2) is 0 Å². The molecule has 1 aliphatic carbocycles. The number of rotatable bonds is 4. The molecule has 3 nitrogen and oxygen atoms in total. The van der Waals surface area contributed by atoms with E-state index in [4.69, 9.17) is 4.74 Å². The zero-order valence-corrected chi connectivity index (χ0v) is 17.9. The Hall–Kier alpha value is -3.75. The molecule has 0 saturated heterocycles. The maximum atomic E-state index is 13.3. The minimum atomic E-state index is -4.60. The molecule has 0 unspecified atom stereocenters. The molecule has 3 aromatic rings. The first kappa shape index (κ1) is 23.0. The first-order valence-corrected chi connectivity index (χ1v) is 10.7. The van der Waals surface area contributed by atoms with Crippen LogP contribution in [-0.2, 0) is 21.9 Å². The number of ether oxygens (including phenoxy) is 1. The first-order valence-electron chi connectivity index (χ1n) is 10.7. The van der Waals surface area contributed by atoms with Gasteiger partial charge in [0.15, 0.2) is 5.76 Å². The van der Waals surface area contributed by atoms with Crippen molar-refractivity contribution in [1.29, 1.82) is 0 Å². The average Bonchev–Trinajstić information content (AvgIpc) is 3.56. The zero-order chi connectivity index (χ0) is 25.0. The summed E-state index contributed by atoms with van der Waals surface area (Å²) in [7, 11) is 0. The van der Waals surface area contributed by atoms with Crippen molar-refractivity contribution < 1.29 is 35.9 Å². The number of benzene rings is 3. The Kier molecular flexibility index (Phi) is 5.38. The predicted octanol–water partition coefficient (Wildman–Crippen LogP) is 6.94. The summed E-state index contributed by atoms with van der Waals surface area (Å²) in [5, 5.41) is 3.83. The van der Waals surface area contributed by atoms with Gasteiger partial charge in [0.2, 0.25) is 11.7 Å². The number of fused-ring (bicyclic) bond motifs is 1. The summed E-state index contributed by atoms with van der Waals surface area (Å²) in [6.45, 7) is 0. The van der Waals surface area contributed by atoms with Crippen molar-refractivity contribution in [2.75, 3.05) is 0 Å². The van der Waals surface area contributed by atoms with Crippen LogP contribution in [-0.4, -0.2) is 11.8 Å². The Balaban J connectivity index is 1.58. The Morgan fingerprint density at radius 3 is 2.23 bits per heavy atom. The molecule has 35 heavy (non-hydrogen) atoms. The fraction of sp³-hybridized carbons (Fsp3) is 0.192. The number of hydrogen-bond acceptors (Lipinski definition) is 3. The highest BCUT2D eigenvalue weighted by atomic mass is 19.4. The fourth-order valence-corrected chi connectivity index (χ4v) is 3.90. The Labute approximate surface area is 195 Å². The maximum Gasteiger partial charge on any atom is 0.416 e. The number of carbonyl (C=O) groups is 1. The summed E-state index contributed by atoms with van der Waals surface area (Å²) in [5.41, 5.74) is -1.45. The highest BCUT2D eigenvalue weighted by molar-refractivity contribution is 6.31. The van der Waals surface area contributed by atoms with E-state index >= 15 is 0 Å². The van der Waals surface area contributed by atoms with E-state index in [-0.39, 0.29) is 34.2 Å². The smallest absolute Gasteiger partial charge is 0.416 e. The van der Waals surface area contributed by atoms with Crippen molar-refractivity contribution in [2.24, 2.45) is 0 Å². The molecule has 1 N–H and O–H groups in total. The molecule has 1 saturated carbocycles. The predicted molar refractivity (Wildman–Crippen MR) is 118 cm³/mol. The van der Waals surface area contributed by atoms with Crippen LogP contribution in [0.1, 0.15) is 35.1 Å². The fourth-order valence-electron chi connectivity index (χ4n) is 3.90. The standard InChI is InChI=1S/C26H17F6NO2/c27-25(28,29)17-6-2-5-16(11-17)22-23(34)21(35-24(22)33-19-9-10-19)12-15-4-1-3-14-7-8-18(13-20(14)15)26(30,31)32/h1-8,11-13,19,33H,9-10H2. The lowest BCUT2D eigenvalue weighted by Gasteiger charge is -2.10. The van der Waals surface area contributed by atoms with Gasteiger partial charge in [-0.15, -0.1) is 0 Å². The number of halogens is 6. The topological polar surface area (TPSA) is 38.3 Å². The van der Waals surface area contributed by atoms with Crippen LogP contribution < -0.4 is 5.32 Å². The summed E-state index contributed by atoms with van der Waals surface area (Å²) in [6.07, 6.45) is -6.19. The molecule has 1 aliphatic heterocycles. The first-order chi connectivity index (χ1) is 16.5. The van der Waals surface area contributed by atoms with Gasteiger partial charge in [0.05, 0.1) is 16.7 Å². The normalized spacial score (nSPS) is 17.9. The third kappa shape index (κ3) is 4.62. The molecule has 5 rings (SSSR count). The monoisotopic (exact) mass is 489 g/mol. The van der Waals surface area contributed by atoms with E-state index < -0.39 is 29.3 Å². The van der Waals surface area contributed by atoms with Gasteiger partial charge in [0, 0.05) is 6.04 Å². The molecule has 0 amide bonds. The third-order valence-electron chi connectivity index (χ3n) is 5.81. The molecule has 0 aromatic heterocycles. The SMILES string of the molecule is O=C1C(=Cc2cccc3ccc(C(F)(F)F)cc23)OC(NC2CC2)=C1c1cccc(C(F)(F)F)c1. The van der Waals surface area contributed by atoms with E-state index in [0.29, 0.717) is 10.9 Å². The highest BCUT2D eigenvalue weighted by Crippen LogP contribution is 2.38. The molecule has 0 radical (unpaired) electrons. The van der Waals surface area contributed by atoms with E-state index in [1.54, 1.807) is 18.2 Å². The second kappa shape index (κ2) is 8.18. The van der Waals surface area contributed by atoms with Gasteiger partial charge in [-0.1, -0.05) is 36.4 Å². The van der Waals surface area contributed by atoms with Crippen LogP contribution in [0.4, 0.5) is 26.3 Å². The van der Waals surface area contributed by atoms with Crippen LogP contribution in [0.3, 0.4) is 0 Å². The Morgan fingerprint density at radius 2 is 1.54 bits per heavy atom. The molecule has 0 atom stereocenters. The quantitative estimate of drug-likeness (QED) is 0.319. The average molecular weight is 489 g/mol. The van der Waals surface area contributed by atoms with Gasteiger partial charge in [0.25, 0.3) is 0 Å². The van der Waals surface area contributed by atoms with Crippen LogP contribution in [0, 0.1) is 0 Å². The largest absolute Gasteiger partial charge is 0.436 e. The molecule has 3 aromatic carbocycles. The lowest BCUT2D eigenvalue weighted by Crippen LogP contribution is -2.16. The van der Waals surface area contributed by atoms with E-state index in [0.717, 1.165) is 37.1 Å². The molecule has 2 aliphatic rings. The molecule has 180 valence electrons. The number of nitrogens with one attached hydrogen (secondary N) is 1. The third-order valence-corrected chi connectivity index (χ3v) is 5.81. The van der Waals surface area contributed by atoms with Gasteiger partial charge < -0.3 is 10.1 Å². The van der Waals surface area contributed by atoms with Gasteiger partial charge in [-0.05, 0) is 65.1 Å². The minimum absolute atomic E-state index is 0.0323. The van der Waals surface area contributed by atoms with Crippen LogP contribution >= 0.6 is 0 Å². The molecule has 1 heterocycles. The van der Waals surface area contributed by atoms with Crippen molar-refractivity contribution >= 4 is 28.2 Å². The molecular weight excluding hydrogens is 472 g/mol. The number of carbonyl (C=O) groups excluding carboxylic acids is 1. The van der Waals surface area contributed by atoms with Crippen molar-refractivity contribution in [2.45, 2.75) is 31.2 Å². The Bertz CT molecular complexity index is 1400. The van der Waals surface area contributed by atoms with E-state index in [9.17, 15) is 31.1 Å². The lowest BCUT2D eigenvalue weighted by atomic mass is 9.98. The molecule has 0 spiro atoms. The van der Waals surface area contributed by atoms with E-state index in [2.05, 4.69) is 5.32 Å².